The Morgan fingerprint density at radius 3 is 3.00 bits per heavy atom. The van der Waals surface area contributed by atoms with E-state index in [9.17, 15) is 0 Å². The normalized spacial score (nSPS) is 11.1. The van der Waals surface area contributed by atoms with E-state index in [0.29, 0.717) is 22.6 Å². The van der Waals surface area contributed by atoms with Crippen LogP contribution in [0.2, 0.25) is 0 Å². The number of fused-ring (bicyclic) bond motifs is 1. The minimum absolute atomic E-state index is 0.171. The van der Waals surface area contributed by atoms with Gasteiger partial charge in [-0.25, -0.2) is 9.67 Å². The van der Waals surface area contributed by atoms with E-state index < -0.39 is 0 Å². The number of nitrogens with two attached hydrogens (primary N) is 1. The Labute approximate surface area is 89.9 Å². The van der Waals surface area contributed by atoms with Gasteiger partial charge in [-0.1, -0.05) is 5.21 Å². The number of aryl methyl sites for hydroxylation is 1. The van der Waals surface area contributed by atoms with Crippen LogP contribution in [-0.2, 0) is 7.05 Å². The Hall–Kier alpha value is -2.44. The quantitative estimate of drug-likeness (QED) is 0.639. The van der Waals surface area contributed by atoms with Crippen molar-refractivity contribution >= 4 is 17.1 Å². The molecule has 0 radical (unpaired) electrons. The van der Waals surface area contributed by atoms with E-state index in [1.165, 1.54) is 0 Å². The number of anilines is 1. The first-order chi connectivity index (χ1) is 7.75. The number of nitrogens with zero attached hydrogens (tertiary/aromatic N) is 5. The largest absolute Gasteiger partial charge is 0.463 e. The molecule has 0 spiro atoms. The zero-order valence-electron chi connectivity index (χ0n) is 8.45. The SMILES string of the molecule is Cn1nnc2c(-c3ccco3)nc(N)nc21. The van der Waals surface area contributed by atoms with Gasteiger partial charge < -0.3 is 10.2 Å². The predicted molar refractivity (Wildman–Crippen MR) is 56.2 cm³/mol. The van der Waals surface area contributed by atoms with Crippen LogP contribution >= 0.6 is 0 Å². The van der Waals surface area contributed by atoms with Crippen molar-refractivity contribution in [2.45, 2.75) is 0 Å². The van der Waals surface area contributed by atoms with Crippen LogP contribution in [0.25, 0.3) is 22.6 Å². The minimum Gasteiger partial charge on any atom is -0.463 e. The Morgan fingerprint density at radius 2 is 2.25 bits per heavy atom. The maximum absolute atomic E-state index is 5.63. The van der Waals surface area contributed by atoms with E-state index in [-0.39, 0.29) is 5.95 Å². The van der Waals surface area contributed by atoms with E-state index in [0.717, 1.165) is 0 Å². The van der Waals surface area contributed by atoms with Crippen molar-refractivity contribution in [2.75, 3.05) is 5.73 Å². The molecule has 0 aromatic carbocycles. The summed E-state index contributed by atoms with van der Waals surface area (Å²) in [6.45, 7) is 0. The Balaban J connectivity index is 2.39. The van der Waals surface area contributed by atoms with Crippen LogP contribution in [-0.4, -0.2) is 25.0 Å². The zero-order valence-corrected chi connectivity index (χ0v) is 8.45. The summed E-state index contributed by atoms with van der Waals surface area (Å²) in [6.07, 6.45) is 1.57. The summed E-state index contributed by atoms with van der Waals surface area (Å²) in [4.78, 5) is 8.18. The molecule has 0 aliphatic rings. The van der Waals surface area contributed by atoms with Crippen molar-refractivity contribution in [3.05, 3.63) is 18.4 Å². The molecular formula is C9H8N6O. The van der Waals surface area contributed by atoms with Crippen LogP contribution in [0.1, 0.15) is 0 Å². The molecule has 0 amide bonds. The van der Waals surface area contributed by atoms with E-state index in [1.54, 1.807) is 30.1 Å². The van der Waals surface area contributed by atoms with Gasteiger partial charge in [-0.15, -0.1) is 5.10 Å². The van der Waals surface area contributed by atoms with Crippen molar-refractivity contribution in [1.29, 1.82) is 0 Å². The molecule has 7 nitrogen and oxygen atoms in total. The number of hydrogen-bond donors (Lipinski definition) is 1. The molecule has 0 saturated carbocycles. The highest BCUT2D eigenvalue weighted by Crippen LogP contribution is 2.24. The summed E-state index contributed by atoms with van der Waals surface area (Å²) in [5.41, 5.74) is 7.34. The molecule has 16 heavy (non-hydrogen) atoms. The summed E-state index contributed by atoms with van der Waals surface area (Å²) >= 11 is 0. The molecule has 0 aliphatic carbocycles. The summed E-state index contributed by atoms with van der Waals surface area (Å²) < 4.78 is 6.81. The average molecular weight is 216 g/mol. The van der Waals surface area contributed by atoms with Crippen molar-refractivity contribution < 1.29 is 4.42 Å². The fraction of sp³-hybridized carbons (Fsp3) is 0.111. The van der Waals surface area contributed by atoms with E-state index in [2.05, 4.69) is 20.3 Å². The van der Waals surface area contributed by atoms with Gasteiger partial charge in [0.1, 0.15) is 5.69 Å². The second-order valence-corrected chi connectivity index (χ2v) is 3.29. The Kier molecular flexibility index (Phi) is 1.67. The second kappa shape index (κ2) is 3.02. The van der Waals surface area contributed by atoms with Gasteiger partial charge in [-0.3, -0.25) is 0 Å². The number of rotatable bonds is 1. The molecule has 3 heterocycles. The van der Waals surface area contributed by atoms with E-state index in [4.69, 9.17) is 10.2 Å². The van der Waals surface area contributed by atoms with Crippen molar-refractivity contribution in [3.8, 4) is 11.5 Å². The molecule has 80 valence electrons. The highest BCUT2D eigenvalue weighted by molar-refractivity contribution is 5.85. The summed E-state index contributed by atoms with van der Waals surface area (Å²) in [6, 6.07) is 3.56. The first kappa shape index (κ1) is 8.84. The molecule has 0 atom stereocenters. The molecule has 2 N–H and O–H groups in total. The maximum Gasteiger partial charge on any atom is 0.222 e. The maximum atomic E-state index is 5.63. The third kappa shape index (κ3) is 1.14. The first-order valence-electron chi connectivity index (χ1n) is 4.62. The third-order valence-corrected chi connectivity index (χ3v) is 2.22. The van der Waals surface area contributed by atoms with Gasteiger partial charge in [0.05, 0.1) is 6.26 Å². The molecule has 3 rings (SSSR count). The molecule has 0 unspecified atom stereocenters. The van der Waals surface area contributed by atoms with Crippen molar-refractivity contribution in [3.63, 3.8) is 0 Å². The average Bonchev–Trinajstić information content (AvgIpc) is 2.88. The van der Waals surface area contributed by atoms with Gasteiger partial charge in [0.2, 0.25) is 5.95 Å². The minimum atomic E-state index is 0.171. The number of nitrogen functional groups attached to an aromatic ring is 1. The fourth-order valence-electron chi connectivity index (χ4n) is 1.52. The smallest absolute Gasteiger partial charge is 0.222 e. The third-order valence-electron chi connectivity index (χ3n) is 2.22. The van der Waals surface area contributed by atoms with Gasteiger partial charge in [0.25, 0.3) is 0 Å². The highest BCUT2D eigenvalue weighted by Gasteiger charge is 2.15. The van der Waals surface area contributed by atoms with E-state index in [1.807, 2.05) is 0 Å². The molecule has 3 aromatic heterocycles. The van der Waals surface area contributed by atoms with Gasteiger partial charge in [0, 0.05) is 7.05 Å². The zero-order chi connectivity index (χ0) is 11.1. The lowest BCUT2D eigenvalue weighted by molar-refractivity contribution is 0.580. The lowest BCUT2D eigenvalue weighted by Crippen LogP contribution is -1.99. The van der Waals surface area contributed by atoms with Gasteiger partial charge in [-0.05, 0) is 12.1 Å². The van der Waals surface area contributed by atoms with Crippen molar-refractivity contribution in [2.24, 2.45) is 7.05 Å². The summed E-state index contributed by atoms with van der Waals surface area (Å²) in [5, 5.41) is 7.86. The lowest BCUT2D eigenvalue weighted by Gasteiger charge is -1.99. The highest BCUT2D eigenvalue weighted by atomic mass is 16.3. The standard InChI is InChI=1S/C9H8N6O/c1-15-8-7(13-14-15)6(11-9(10)12-8)5-3-2-4-16-5/h2-4H,1H3,(H2,10,11,12). The molecule has 0 aliphatic heterocycles. The monoisotopic (exact) mass is 216 g/mol. The van der Waals surface area contributed by atoms with Crippen LogP contribution in [0.15, 0.2) is 22.8 Å². The van der Waals surface area contributed by atoms with Crippen LogP contribution in [0.3, 0.4) is 0 Å². The molecular weight excluding hydrogens is 208 g/mol. The second-order valence-electron chi connectivity index (χ2n) is 3.29. The number of aromatic nitrogens is 5. The summed E-state index contributed by atoms with van der Waals surface area (Å²) in [7, 11) is 1.74. The van der Waals surface area contributed by atoms with Gasteiger partial charge in [-0.2, -0.15) is 4.98 Å². The first-order valence-corrected chi connectivity index (χ1v) is 4.62. The van der Waals surface area contributed by atoms with Crippen LogP contribution in [0, 0.1) is 0 Å². The summed E-state index contributed by atoms with van der Waals surface area (Å²) in [5.74, 6) is 0.768. The van der Waals surface area contributed by atoms with Crippen molar-refractivity contribution in [1.82, 2.24) is 25.0 Å². The molecule has 7 heteroatoms. The van der Waals surface area contributed by atoms with Crippen LogP contribution in [0.4, 0.5) is 5.95 Å². The lowest BCUT2D eigenvalue weighted by atomic mass is 10.3. The fourth-order valence-corrected chi connectivity index (χ4v) is 1.52. The molecule has 0 saturated heterocycles. The number of furan rings is 1. The predicted octanol–water partition coefficient (Wildman–Crippen LogP) is 0.600. The molecule has 0 fully saturated rings. The molecule has 3 aromatic rings. The van der Waals surface area contributed by atoms with Crippen LogP contribution < -0.4 is 5.73 Å². The molecule has 0 bridgehead atoms. The Morgan fingerprint density at radius 1 is 1.38 bits per heavy atom. The topological polar surface area (TPSA) is 95.7 Å². The van der Waals surface area contributed by atoms with Gasteiger partial charge in [0.15, 0.2) is 16.9 Å². The number of hydrogen-bond acceptors (Lipinski definition) is 6. The Bertz CT molecular complexity index is 641. The van der Waals surface area contributed by atoms with E-state index >= 15 is 0 Å². The van der Waals surface area contributed by atoms with Crippen LogP contribution in [0.5, 0.6) is 0 Å². The van der Waals surface area contributed by atoms with Gasteiger partial charge >= 0.3 is 0 Å².